The van der Waals surface area contributed by atoms with Gasteiger partial charge in [-0.15, -0.1) is 0 Å². The molecule has 0 aliphatic rings. The number of nitrogens with one attached hydrogen (secondary N) is 1. The Morgan fingerprint density at radius 2 is 2.00 bits per heavy atom. The molecule has 1 unspecified atom stereocenters. The van der Waals surface area contributed by atoms with Gasteiger partial charge in [0.05, 0.1) is 0 Å². The van der Waals surface area contributed by atoms with E-state index in [9.17, 15) is 4.79 Å². The highest BCUT2D eigenvalue weighted by Gasteiger charge is 2.15. The molecule has 0 fully saturated rings. The van der Waals surface area contributed by atoms with Gasteiger partial charge in [0.1, 0.15) is 0 Å². The summed E-state index contributed by atoms with van der Waals surface area (Å²) in [6.45, 7) is 9.27. The predicted molar refractivity (Wildman–Crippen MR) is 69.3 cm³/mol. The lowest BCUT2D eigenvalue weighted by Gasteiger charge is -2.17. The summed E-state index contributed by atoms with van der Waals surface area (Å²) in [6.07, 6.45) is 2.85. The first-order chi connectivity index (χ1) is 6.85. The minimum absolute atomic E-state index is 0.0905. The second kappa shape index (κ2) is 7.26. The monoisotopic (exact) mass is 277 g/mol. The first kappa shape index (κ1) is 14.9. The fraction of sp³-hybridized carbons (Fsp3) is 0.917. The molecule has 1 atom stereocenters. The largest absolute Gasteiger partial charge is 0.356 e. The maximum Gasteiger partial charge on any atom is 0.220 e. The van der Waals surface area contributed by atoms with Crippen LogP contribution in [0.1, 0.15) is 47.0 Å². The van der Waals surface area contributed by atoms with Crippen molar-refractivity contribution in [1.82, 2.24) is 5.32 Å². The van der Waals surface area contributed by atoms with Crippen molar-refractivity contribution in [2.75, 3.05) is 11.9 Å². The molecule has 0 aromatic rings. The van der Waals surface area contributed by atoms with Crippen molar-refractivity contribution in [3.63, 3.8) is 0 Å². The van der Waals surface area contributed by atoms with Crippen molar-refractivity contribution < 1.29 is 4.79 Å². The van der Waals surface area contributed by atoms with E-state index >= 15 is 0 Å². The van der Waals surface area contributed by atoms with E-state index in [-0.39, 0.29) is 11.3 Å². The summed E-state index contributed by atoms with van der Waals surface area (Å²) >= 11 is 3.45. The molecule has 90 valence electrons. The van der Waals surface area contributed by atoms with Gasteiger partial charge in [-0.2, -0.15) is 0 Å². The van der Waals surface area contributed by atoms with E-state index in [1.54, 1.807) is 0 Å². The number of halogens is 1. The van der Waals surface area contributed by atoms with Gasteiger partial charge in [-0.3, -0.25) is 4.79 Å². The lowest BCUT2D eigenvalue weighted by Crippen LogP contribution is -2.28. The molecular formula is C12H24BrNO. The van der Waals surface area contributed by atoms with Gasteiger partial charge in [-0.05, 0) is 24.2 Å². The Labute approximate surface area is 102 Å². The number of carbonyl (C=O) groups is 1. The smallest absolute Gasteiger partial charge is 0.220 e. The number of hydrogen-bond acceptors (Lipinski definition) is 1. The molecule has 15 heavy (non-hydrogen) atoms. The normalized spacial score (nSPS) is 13.7. The third-order valence-electron chi connectivity index (χ3n) is 2.15. The van der Waals surface area contributed by atoms with E-state index in [0.29, 0.717) is 12.3 Å². The zero-order valence-corrected chi connectivity index (χ0v) is 12.0. The summed E-state index contributed by atoms with van der Waals surface area (Å²) in [4.78, 5) is 11.5. The maximum atomic E-state index is 11.5. The molecule has 0 aliphatic carbocycles. The van der Waals surface area contributed by atoms with Crippen LogP contribution in [0.2, 0.25) is 0 Å². The molecule has 0 saturated heterocycles. The second-order valence-electron chi connectivity index (χ2n) is 5.49. The quantitative estimate of drug-likeness (QED) is 0.586. The molecule has 0 aromatic carbocycles. The van der Waals surface area contributed by atoms with E-state index < -0.39 is 0 Å². The first-order valence-electron chi connectivity index (χ1n) is 5.68. The predicted octanol–water partition coefficient (Wildman–Crippen LogP) is 3.35. The van der Waals surface area contributed by atoms with Crippen LogP contribution in [0.15, 0.2) is 0 Å². The van der Waals surface area contributed by atoms with Crippen LogP contribution in [-0.4, -0.2) is 17.8 Å². The van der Waals surface area contributed by atoms with E-state index in [4.69, 9.17) is 0 Å². The molecule has 0 heterocycles. The minimum Gasteiger partial charge on any atom is -0.356 e. The molecule has 0 spiro atoms. The average Bonchev–Trinajstić information content (AvgIpc) is 2.09. The Balaban J connectivity index is 3.48. The standard InChI is InChI=1S/C12H24BrNO/c1-10(9-13)6-5-7-14-11(15)8-12(2,3)4/h10H,5-9H2,1-4H3,(H,14,15). The van der Waals surface area contributed by atoms with Crippen LogP contribution in [0.3, 0.4) is 0 Å². The maximum absolute atomic E-state index is 11.5. The molecule has 0 radical (unpaired) electrons. The molecule has 0 rings (SSSR count). The fourth-order valence-corrected chi connectivity index (χ4v) is 1.62. The van der Waals surface area contributed by atoms with Crippen molar-refractivity contribution in [2.24, 2.45) is 11.3 Å². The van der Waals surface area contributed by atoms with E-state index in [2.05, 4.69) is 48.9 Å². The van der Waals surface area contributed by atoms with Crippen LogP contribution >= 0.6 is 15.9 Å². The summed E-state index contributed by atoms with van der Waals surface area (Å²) in [6, 6.07) is 0. The summed E-state index contributed by atoms with van der Waals surface area (Å²) in [5.74, 6) is 0.874. The first-order valence-corrected chi connectivity index (χ1v) is 6.80. The Kier molecular flexibility index (Phi) is 7.24. The van der Waals surface area contributed by atoms with Crippen LogP contribution in [-0.2, 0) is 4.79 Å². The van der Waals surface area contributed by atoms with Gasteiger partial charge in [0.2, 0.25) is 5.91 Å². The molecule has 1 N–H and O–H groups in total. The molecule has 3 heteroatoms. The van der Waals surface area contributed by atoms with Crippen molar-refractivity contribution in [1.29, 1.82) is 0 Å². The lowest BCUT2D eigenvalue weighted by molar-refractivity contribution is -0.122. The lowest BCUT2D eigenvalue weighted by atomic mass is 9.92. The Morgan fingerprint density at radius 1 is 1.40 bits per heavy atom. The van der Waals surface area contributed by atoms with Gasteiger partial charge in [0.25, 0.3) is 0 Å². The zero-order chi connectivity index (χ0) is 11.9. The highest BCUT2D eigenvalue weighted by Crippen LogP contribution is 2.17. The van der Waals surface area contributed by atoms with Crippen LogP contribution in [0.5, 0.6) is 0 Å². The van der Waals surface area contributed by atoms with Crippen LogP contribution in [0.25, 0.3) is 0 Å². The number of amides is 1. The number of rotatable bonds is 6. The van der Waals surface area contributed by atoms with Crippen molar-refractivity contribution in [2.45, 2.75) is 47.0 Å². The molecule has 0 aliphatic heterocycles. The number of alkyl halides is 1. The molecule has 1 amide bonds. The highest BCUT2D eigenvalue weighted by molar-refractivity contribution is 9.09. The number of carbonyl (C=O) groups excluding carboxylic acids is 1. The molecular weight excluding hydrogens is 254 g/mol. The Morgan fingerprint density at radius 3 is 2.47 bits per heavy atom. The minimum atomic E-state index is 0.0905. The molecule has 2 nitrogen and oxygen atoms in total. The van der Waals surface area contributed by atoms with Crippen LogP contribution < -0.4 is 5.32 Å². The highest BCUT2D eigenvalue weighted by atomic mass is 79.9. The topological polar surface area (TPSA) is 29.1 Å². The molecule has 0 aromatic heterocycles. The second-order valence-corrected chi connectivity index (χ2v) is 6.14. The fourth-order valence-electron chi connectivity index (χ4n) is 1.30. The van der Waals surface area contributed by atoms with Gasteiger partial charge < -0.3 is 5.32 Å². The third kappa shape index (κ3) is 10.2. The molecule has 0 saturated carbocycles. The Hall–Kier alpha value is -0.0500. The van der Waals surface area contributed by atoms with Gasteiger partial charge in [-0.1, -0.05) is 43.6 Å². The van der Waals surface area contributed by atoms with Gasteiger partial charge in [0, 0.05) is 18.3 Å². The van der Waals surface area contributed by atoms with Crippen LogP contribution in [0.4, 0.5) is 0 Å². The summed E-state index contributed by atoms with van der Waals surface area (Å²) in [7, 11) is 0. The van der Waals surface area contributed by atoms with Gasteiger partial charge >= 0.3 is 0 Å². The zero-order valence-electron chi connectivity index (χ0n) is 10.4. The number of hydrogen-bond donors (Lipinski definition) is 1. The van der Waals surface area contributed by atoms with Crippen molar-refractivity contribution in [3.05, 3.63) is 0 Å². The van der Waals surface area contributed by atoms with Crippen molar-refractivity contribution in [3.8, 4) is 0 Å². The van der Waals surface area contributed by atoms with Gasteiger partial charge in [-0.25, -0.2) is 0 Å². The van der Waals surface area contributed by atoms with E-state index in [1.165, 1.54) is 6.42 Å². The summed E-state index contributed by atoms with van der Waals surface area (Å²) in [5, 5.41) is 4.01. The van der Waals surface area contributed by atoms with Gasteiger partial charge in [0.15, 0.2) is 0 Å². The molecule has 0 bridgehead atoms. The summed E-state index contributed by atoms with van der Waals surface area (Å²) in [5.41, 5.74) is 0.0905. The van der Waals surface area contributed by atoms with E-state index in [0.717, 1.165) is 18.3 Å². The van der Waals surface area contributed by atoms with Crippen LogP contribution in [0, 0.1) is 11.3 Å². The SMILES string of the molecule is CC(CBr)CCCNC(=O)CC(C)(C)C. The third-order valence-corrected chi connectivity index (χ3v) is 3.26. The Bertz CT molecular complexity index is 187. The van der Waals surface area contributed by atoms with E-state index in [1.807, 2.05) is 0 Å². The summed E-state index contributed by atoms with van der Waals surface area (Å²) < 4.78 is 0. The van der Waals surface area contributed by atoms with Crippen molar-refractivity contribution >= 4 is 21.8 Å². The average molecular weight is 278 g/mol.